The maximum absolute atomic E-state index is 12.1. The second-order valence-corrected chi connectivity index (χ2v) is 6.67. The Bertz CT molecular complexity index is 525. The van der Waals surface area contributed by atoms with Crippen molar-refractivity contribution in [2.45, 2.75) is 24.7 Å². The molecular formula is C14H22N2O3S. The zero-order chi connectivity index (χ0) is 14.4. The quantitative estimate of drug-likeness (QED) is 0.841. The SMILES string of the molecule is CCNS(=O)(=O)c1ccccc1NCC1CCOCC1. The number of nitrogens with one attached hydrogen (secondary N) is 2. The van der Waals surface area contributed by atoms with E-state index in [9.17, 15) is 8.42 Å². The predicted molar refractivity (Wildman–Crippen MR) is 79.3 cm³/mol. The zero-order valence-electron chi connectivity index (χ0n) is 11.8. The van der Waals surface area contributed by atoms with Gasteiger partial charge in [-0.1, -0.05) is 19.1 Å². The molecule has 1 fully saturated rings. The van der Waals surface area contributed by atoms with E-state index < -0.39 is 10.0 Å². The number of ether oxygens (including phenoxy) is 1. The van der Waals surface area contributed by atoms with Gasteiger partial charge in [0.1, 0.15) is 4.90 Å². The van der Waals surface area contributed by atoms with E-state index in [0.717, 1.165) is 32.6 Å². The number of benzene rings is 1. The maximum atomic E-state index is 12.1. The van der Waals surface area contributed by atoms with Crippen LogP contribution < -0.4 is 10.0 Å². The molecule has 0 spiro atoms. The average Bonchev–Trinajstić information content (AvgIpc) is 2.46. The van der Waals surface area contributed by atoms with Gasteiger partial charge in [-0.3, -0.25) is 0 Å². The maximum Gasteiger partial charge on any atom is 0.242 e. The monoisotopic (exact) mass is 298 g/mol. The molecule has 1 aromatic carbocycles. The molecule has 1 saturated heterocycles. The lowest BCUT2D eigenvalue weighted by atomic mass is 10.0. The van der Waals surface area contributed by atoms with E-state index in [0.29, 0.717) is 23.0 Å². The molecule has 2 rings (SSSR count). The molecule has 2 N–H and O–H groups in total. The molecule has 1 aliphatic heterocycles. The van der Waals surface area contributed by atoms with Gasteiger partial charge in [0.2, 0.25) is 10.0 Å². The number of para-hydroxylation sites is 1. The number of hydrogen-bond acceptors (Lipinski definition) is 4. The Labute approximate surface area is 120 Å². The highest BCUT2D eigenvalue weighted by Gasteiger charge is 2.18. The highest BCUT2D eigenvalue weighted by molar-refractivity contribution is 7.89. The predicted octanol–water partition coefficient (Wildman–Crippen LogP) is 1.82. The minimum absolute atomic E-state index is 0.314. The summed E-state index contributed by atoms with van der Waals surface area (Å²) in [5, 5.41) is 3.27. The minimum Gasteiger partial charge on any atom is -0.384 e. The Kier molecular flexibility index (Phi) is 5.39. The molecule has 0 aliphatic carbocycles. The van der Waals surface area contributed by atoms with Gasteiger partial charge in [0.05, 0.1) is 5.69 Å². The highest BCUT2D eigenvalue weighted by atomic mass is 32.2. The Hall–Kier alpha value is -1.11. The van der Waals surface area contributed by atoms with E-state index in [1.807, 2.05) is 12.1 Å². The summed E-state index contributed by atoms with van der Waals surface area (Å²) in [4.78, 5) is 0.314. The zero-order valence-corrected chi connectivity index (χ0v) is 12.6. The van der Waals surface area contributed by atoms with Crippen LogP contribution in [0.5, 0.6) is 0 Å². The van der Waals surface area contributed by atoms with Gasteiger partial charge in [-0.2, -0.15) is 0 Å². The van der Waals surface area contributed by atoms with Crippen molar-refractivity contribution in [3.05, 3.63) is 24.3 Å². The standard InChI is InChI=1S/C14H22N2O3S/c1-2-16-20(17,18)14-6-4-3-5-13(14)15-11-12-7-9-19-10-8-12/h3-6,12,15-16H,2,7-11H2,1H3. The van der Waals surface area contributed by atoms with E-state index in [-0.39, 0.29) is 0 Å². The van der Waals surface area contributed by atoms with Gasteiger partial charge in [-0.05, 0) is 30.9 Å². The summed E-state index contributed by atoms with van der Waals surface area (Å²) in [5.41, 5.74) is 0.667. The van der Waals surface area contributed by atoms with Crippen molar-refractivity contribution in [1.29, 1.82) is 0 Å². The lowest BCUT2D eigenvalue weighted by molar-refractivity contribution is 0.0699. The third-order valence-electron chi connectivity index (χ3n) is 3.43. The van der Waals surface area contributed by atoms with Crippen LogP contribution >= 0.6 is 0 Å². The van der Waals surface area contributed by atoms with Crippen LogP contribution in [0.2, 0.25) is 0 Å². The Balaban J connectivity index is 2.07. The van der Waals surface area contributed by atoms with Crippen LogP contribution in [0.25, 0.3) is 0 Å². The molecule has 0 saturated carbocycles. The number of hydrogen-bond donors (Lipinski definition) is 2. The lowest BCUT2D eigenvalue weighted by Crippen LogP contribution is -2.26. The van der Waals surface area contributed by atoms with Crippen LogP contribution in [0.15, 0.2) is 29.2 Å². The molecule has 0 radical (unpaired) electrons. The van der Waals surface area contributed by atoms with Gasteiger partial charge >= 0.3 is 0 Å². The van der Waals surface area contributed by atoms with Crippen molar-refractivity contribution >= 4 is 15.7 Å². The number of sulfonamides is 1. The van der Waals surface area contributed by atoms with Crippen molar-refractivity contribution < 1.29 is 13.2 Å². The summed E-state index contributed by atoms with van der Waals surface area (Å²) in [6.07, 6.45) is 2.05. The highest BCUT2D eigenvalue weighted by Crippen LogP contribution is 2.22. The fourth-order valence-corrected chi connectivity index (χ4v) is 3.54. The molecule has 20 heavy (non-hydrogen) atoms. The fourth-order valence-electron chi connectivity index (χ4n) is 2.32. The van der Waals surface area contributed by atoms with Gasteiger partial charge in [0, 0.05) is 26.3 Å². The van der Waals surface area contributed by atoms with Crippen LogP contribution in [-0.2, 0) is 14.8 Å². The molecule has 5 nitrogen and oxygen atoms in total. The number of rotatable bonds is 6. The van der Waals surface area contributed by atoms with E-state index in [4.69, 9.17) is 4.74 Å². The second kappa shape index (κ2) is 7.06. The summed E-state index contributed by atoms with van der Waals surface area (Å²) in [5.74, 6) is 0.540. The van der Waals surface area contributed by atoms with Crippen molar-refractivity contribution in [2.24, 2.45) is 5.92 Å². The molecule has 6 heteroatoms. The first-order valence-corrected chi connectivity index (χ1v) is 8.52. The summed E-state index contributed by atoms with van der Waals surface area (Å²) in [6.45, 7) is 4.53. The van der Waals surface area contributed by atoms with E-state index in [2.05, 4.69) is 10.0 Å². The largest absolute Gasteiger partial charge is 0.384 e. The van der Waals surface area contributed by atoms with Crippen LogP contribution in [0.3, 0.4) is 0 Å². The van der Waals surface area contributed by atoms with Gasteiger partial charge in [0.25, 0.3) is 0 Å². The van der Waals surface area contributed by atoms with Crippen LogP contribution in [-0.4, -0.2) is 34.7 Å². The Morgan fingerprint density at radius 3 is 2.65 bits per heavy atom. The molecule has 1 heterocycles. The minimum atomic E-state index is -3.43. The van der Waals surface area contributed by atoms with Crippen molar-refractivity contribution in [2.75, 3.05) is 31.6 Å². The molecule has 1 aromatic rings. The summed E-state index contributed by atoms with van der Waals surface area (Å²) in [6, 6.07) is 7.02. The van der Waals surface area contributed by atoms with E-state index in [1.54, 1.807) is 19.1 Å². The van der Waals surface area contributed by atoms with Crippen molar-refractivity contribution in [1.82, 2.24) is 4.72 Å². The van der Waals surface area contributed by atoms with Crippen molar-refractivity contribution in [3.63, 3.8) is 0 Å². The third-order valence-corrected chi connectivity index (χ3v) is 5.04. The lowest BCUT2D eigenvalue weighted by Gasteiger charge is -2.23. The van der Waals surface area contributed by atoms with Crippen molar-refractivity contribution in [3.8, 4) is 0 Å². The molecule has 1 aliphatic rings. The van der Waals surface area contributed by atoms with Gasteiger partial charge in [0.15, 0.2) is 0 Å². The molecule has 0 unspecified atom stereocenters. The summed E-state index contributed by atoms with van der Waals surface area (Å²) < 4.78 is 32.1. The first-order chi connectivity index (χ1) is 9.63. The first kappa shape index (κ1) is 15.3. The molecular weight excluding hydrogens is 276 g/mol. The Morgan fingerprint density at radius 2 is 1.95 bits per heavy atom. The summed E-state index contributed by atoms with van der Waals surface area (Å²) in [7, 11) is -3.43. The number of anilines is 1. The smallest absolute Gasteiger partial charge is 0.242 e. The van der Waals surface area contributed by atoms with Crippen LogP contribution in [0.4, 0.5) is 5.69 Å². The topological polar surface area (TPSA) is 67.4 Å². The van der Waals surface area contributed by atoms with Crippen LogP contribution in [0.1, 0.15) is 19.8 Å². The molecule has 0 amide bonds. The molecule has 112 valence electrons. The van der Waals surface area contributed by atoms with Gasteiger partial charge in [-0.15, -0.1) is 0 Å². The third kappa shape index (κ3) is 3.94. The van der Waals surface area contributed by atoms with E-state index in [1.165, 1.54) is 0 Å². The average molecular weight is 298 g/mol. The Morgan fingerprint density at radius 1 is 1.25 bits per heavy atom. The fraction of sp³-hybridized carbons (Fsp3) is 0.571. The molecule has 0 atom stereocenters. The normalized spacial score (nSPS) is 17.1. The molecule has 0 aromatic heterocycles. The summed E-state index contributed by atoms with van der Waals surface area (Å²) >= 11 is 0. The van der Waals surface area contributed by atoms with Gasteiger partial charge in [-0.25, -0.2) is 13.1 Å². The molecule has 0 bridgehead atoms. The van der Waals surface area contributed by atoms with Crippen LogP contribution in [0, 0.1) is 5.92 Å². The second-order valence-electron chi connectivity index (χ2n) is 4.93. The van der Waals surface area contributed by atoms with E-state index >= 15 is 0 Å². The first-order valence-electron chi connectivity index (χ1n) is 7.04. The van der Waals surface area contributed by atoms with Gasteiger partial charge < -0.3 is 10.1 Å².